The van der Waals surface area contributed by atoms with E-state index in [0.29, 0.717) is 17.8 Å². The first-order chi connectivity index (χ1) is 14.4. The minimum absolute atomic E-state index is 0.168. The van der Waals surface area contributed by atoms with Gasteiger partial charge in [-0.1, -0.05) is 48.0 Å². The average molecular weight is 423 g/mol. The van der Waals surface area contributed by atoms with Gasteiger partial charge in [0.2, 0.25) is 0 Å². The molecule has 3 aromatic rings. The van der Waals surface area contributed by atoms with Crippen LogP contribution in [0.1, 0.15) is 27.9 Å². The molecule has 0 saturated carbocycles. The Morgan fingerprint density at radius 3 is 2.17 bits per heavy atom. The van der Waals surface area contributed by atoms with E-state index < -0.39 is 10.0 Å². The predicted octanol–water partition coefficient (Wildman–Crippen LogP) is 4.18. The summed E-state index contributed by atoms with van der Waals surface area (Å²) in [5.74, 6) is -0.168. The van der Waals surface area contributed by atoms with Crippen molar-refractivity contribution in [1.82, 2.24) is 5.32 Å². The fourth-order valence-electron chi connectivity index (χ4n) is 3.06. The largest absolute Gasteiger partial charge is 0.352 e. The van der Waals surface area contributed by atoms with Crippen LogP contribution in [0.15, 0.2) is 83.8 Å². The highest BCUT2D eigenvalue weighted by Crippen LogP contribution is 2.22. The smallest absolute Gasteiger partial charge is 0.264 e. The van der Waals surface area contributed by atoms with Gasteiger partial charge in [0.05, 0.1) is 10.6 Å². The Morgan fingerprint density at radius 2 is 1.53 bits per heavy atom. The van der Waals surface area contributed by atoms with Crippen molar-refractivity contribution in [1.29, 1.82) is 0 Å². The summed E-state index contributed by atoms with van der Waals surface area (Å²) >= 11 is 0. The number of aryl methyl sites for hydroxylation is 2. The Morgan fingerprint density at radius 1 is 0.900 bits per heavy atom. The molecule has 5 nitrogen and oxygen atoms in total. The Hall–Kier alpha value is -3.12. The van der Waals surface area contributed by atoms with Crippen LogP contribution in [-0.4, -0.2) is 27.9 Å². The van der Waals surface area contributed by atoms with E-state index >= 15 is 0 Å². The number of amides is 1. The number of carbonyl (C=O) groups excluding carboxylic acids is 1. The van der Waals surface area contributed by atoms with Gasteiger partial charge in [0, 0.05) is 19.2 Å². The van der Waals surface area contributed by atoms with Gasteiger partial charge < -0.3 is 5.32 Å². The van der Waals surface area contributed by atoms with Crippen LogP contribution < -0.4 is 9.62 Å². The minimum Gasteiger partial charge on any atom is -0.352 e. The van der Waals surface area contributed by atoms with Gasteiger partial charge in [0.25, 0.3) is 15.9 Å². The van der Waals surface area contributed by atoms with E-state index in [-0.39, 0.29) is 10.8 Å². The Bertz CT molecular complexity index is 1080. The van der Waals surface area contributed by atoms with Crippen LogP contribution in [0.5, 0.6) is 0 Å². The summed E-state index contributed by atoms with van der Waals surface area (Å²) in [6.45, 7) is 2.64. The van der Waals surface area contributed by atoms with Gasteiger partial charge in [-0.2, -0.15) is 0 Å². The van der Waals surface area contributed by atoms with Crippen molar-refractivity contribution in [2.45, 2.75) is 24.7 Å². The topological polar surface area (TPSA) is 66.5 Å². The van der Waals surface area contributed by atoms with E-state index in [0.717, 1.165) is 12.8 Å². The second-order valence-corrected chi connectivity index (χ2v) is 9.15. The van der Waals surface area contributed by atoms with Gasteiger partial charge in [-0.25, -0.2) is 8.42 Å². The van der Waals surface area contributed by atoms with Crippen LogP contribution in [0.25, 0.3) is 0 Å². The molecule has 3 aromatic carbocycles. The lowest BCUT2D eigenvalue weighted by Gasteiger charge is -2.19. The third-order valence-electron chi connectivity index (χ3n) is 4.94. The molecule has 30 heavy (non-hydrogen) atoms. The molecule has 0 aromatic heterocycles. The predicted molar refractivity (Wildman–Crippen MR) is 120 cm³/mol. The monoisotopic (exact) mass is 422 g/mol. The highest BCUT2D eigenvalue weighted by Gasteiger charge is 2.21. The van der Waals surface area contributed by atoms with E-state index in [2.05, 4.69) is 36.5 Å². The van der Waals surface area contributed by atoms with E-state index in [9.17, 15) is 13.2 Å². The number of hydrogen-bond donors (Lipinski definition) is 1. The molecule has 0 saturated heterocycles. The second-order valence-electron chi connectivity index (χ2n) is 7.18. The maximum absolute atomic E-state index is 12.7. The molecule has 1 amide bonds. The number of nitrogens with zero attached hydrogens (tertiary/aromatic N) is 1. The molecule has 3 rings (SSSR count). The van der Waals surface area contributed by atoms with Crippen molar-refractivity contribution >= 4 is 21.6 Å². The van der Waals surface area contributed by atoms with Gasteiger partial charge in [-0.3, -0.25) is 9.10 Å². The van der Waals surface area contributed by atoms with Crippen molar-refractivity contribution in [3.05, 3.63) is 95.6 Å². The molecule has 0 unspecified atom stereocenters. The molecule has 0 spiro atoms. The van der Waals surface area contributed by atoms with Crippen molar-refractivity contribution in [2.75, 3.05) is 17.9 Å². The maximum Gasteiger partial charge on any atom is 0.264 e. The molecular formula is C24H26N2O3S. The number of carbonyl (C=O) groups is 1. The lowest BCUT2D eigenvalue weighted by atomic mass is 10.1. The quantitative estimate of drug-likeness (QED) is 0.554. The summed E-state index contributed by atoms with van der Waals surface area (Å²) in [5, 5.41) is 2.91. The SMILES string of the molecule is Cc1ccc(CCCNC(=O)c2ccc(N(C)S(=O)(=O)c3ccccc3)cc2)cc1. The van der Waals surface area contributed by atoms with Crippen LogP contribution >= 0.6 is 0 Å². The third-order valence-corrected chi connectivity index (χ3v) is 6.74. The molecule has 0 atom stereocenters. The first kappa shape index (κ1) is 21.6. The van der Waals surface area contributed by atoms with Crippen LogP contribution in [0, 0.1) is 6.92 Å². The zero-order chi connectivity index (χ0) is 21.6. The molecule has 1 N–H and O–H groups in total. The number of benzene rings is 3. The Kier molecular flexibility index (Phi) is 6.90. The molecule has 0 bridgehead atoms. The summed E-state index contributed by atoms with van der Waals surface area (Å²) in [5.41, 5.74) is 3.48. The fraction of sp³-hybridized carbons (Fsp3) is 0.208. The highest BCUT2D eigenvalue weighted by atomic mass is 32.2. The minimum atomic E-state index is -3.64. The van der Waals surface area contributed by atoms with Crippen molar-refractivity contribution in [3.63, 3.8) is 0 Å². The molecule has 0 radical (unpaired) electrons. The van der Waals surface area contributed by atoms with Gasteiger partial charge >= 0.3 is 0 Å². The fourth-order valence-corrected chi connectivity index (χ4v) is 4.28. The highest BCUT2D eigenvalue weighted by molar-refractivity contribution is 7.92. The second kappa shape index (κ2) is 9.59. The molecule has 0 heterocycles. The Balaban J connectivity index is 1.55. The number of anilines is 1. The van der Waals surface area contributed by atoms with Crippen LogP contribution in [0.2, 0.25) is 0 Å². The summed E-state index contributed by atoms with van der Waals surface area (Å²) in [4.78, 5) is 12.6. The van der Waals surface area contributed by atoms with Gasteiger partial charge in [-0.15, -0.1) is 0 Å². The maximum atomic E-state index is 12.7. The summed E-state index contributed by atoms with van der Waals surface area (Å²) in [6, 6.07) is 23.2. The summed E-state index contributed by atoms with van der Waals surface area (Å²) in [6.07, 6.45) is 1.76. The van der Waals surface area contributed by atoms with E-state index in [1.165, 1.54) is 22.5 Å². The molecule has 0 aliphatic rings. The number of hydrogen-bond acceptors (Lipinski definition) is 3. The first-order valence-corrected chi connectivity index (χ1v) is 11.3. The van der Waals surface area contributed by atoms with E-state index in [1.54, 1.807) is 54.6 Å². The van der Waals surface area contributed by atoms with Crippen LogP contribution in [-0.2, 0) is 16.4 Å². The molecule has 0 aliphatic heterocycles. The number of nitrogens with one attached hydrogen (secondary N) is 1. The first-order valence-electron chi connectivity index (χ1n) is 9.86. The zero-order valence-electron chi connectivity index (χ0n) is 17.2. The molecule has 0 fully saturated rings. The van der Waals surface area contributed by atoms with Gasteiger partial charge in [0.1, 0.15) is 0 Å². The zero-order valence-corrected chi connectivity index (χ0v) is 18.0. The standard InChI is InChI=1S/C24H26N2O3S/c1-19-10-12-20(13-11-19)7-6-18-25-24(27)21-14-16-22(17-15-21)26(2)30(28,29)23-8-4-3-5-9-23/h3-5,8-17H,6-7,18H2,1-2H3,(H,25,27). The molecule has 0 aliphatic carbocycles. The lowest BCUT2D eigenvalue weighted by molar-refractivity contribution is 0.0953. The van der Waals surface area contributed by atoms with Crippen molar-refractivity contribution in [3.8, 4) is 0 Å². The normalized spacial score (nSPS) is 11.1. The van der Waals surface area contributed by atoms with Crippen molar-refractivity contribution < 1.29 is 13.2 Å². The summed E-state index contributed by atoms with van der Waals surface area (Å²) < 4.78 is 26.6. The number of sulfonamides is 1. The van der Waals surface area contributed by atoms with Gasteiger partial charge in [-0.05, 0) is 61.7 Å². The van der Waals surface area contributed by atoms with Crippen LogP contribution in [0.4, 0.5) is 5.69 Å². The van der Waals surface area contributed by atoms with E-state index in [4.69, 9.17) is 0 Å². The number of rotatable bonds is 8. The van der Waals surface area contributed by atoms with E-state index in [1.807, 2.05) is 0 Å². The average Bonchev–Trinajstić information content (AvgIpc) is 2.78. The third kappa shape index (κ3) is 5.27. The summed E-state index contributed by atoms with van der Waals surface area (Å²) in [7, 11) is -2.14. The van der Waals surface area contributed by atoms with Crippen molar-refractivity contribution in [2.24, 2.45) is 0 Å². The lowest BCUT2D eigenvalue weighted by Crippen LogP contribution is -2.27. The van der Waals surface area contributed by atoms with Crippen LogP contribution in [0.3, 0.4) is 0 Å². The molecule has 156 valence electrons. The molecular weight excluding hydrogens is 396 g/mol. The molecule has 6 heteroatoms. The Labute approximate surface area is 178 Å². The van der Waals surface area contributed by atoms with Gasteiger partial charge in [0.15, 0.2) is 0 Å².